The van der Waals surface area contributed by atoms with E-state index in [9.17, 15) is 4.79 Å². The average molecular weight is 495 g/mol. The number of imidazole rings is 2. The lowest BCUT2D eigenvalue weighted by Gasteiger charge is -2.27. The zero-order valence-corrected chi connectivity index (χ0v) is 21.0. The van der Waals surface area contributed by atoms with Gasteiger partial charge in [0.1, 0.15) is 17.4 Å². The lowest BCUT2D eigenvalue weighted by atomic mass is 10.1. The Labute approximate surface area is 216 Å². The van der Waals surface area contributed by atoms with Gasteiger partial charge in [0.2, 0.25) is 5.91 Å². The van der Waals surface area contributed by atoms with Crippen molar-refractivity contribution >= 4 is 5.91 Å². The van der Waals surface area contributed by atoms with Gasteiger partial charge in [0.05, 0.1) is 36.9 Å². The van der Waals surface area contributed by atoms with E-state index in [0.29, 0.717) is 38.2 Å². The van der Waals surface area contributed by atoms with E-state index >= 15 is 0 Å². The number of ether oxygens (including phenoxy) is 1. The maximum atomic E-state index is 13.1. The maximum absolute atomic E-state index is 13.1. The van der Waals surface area contributed by atoms with Crippen LogP contribution in [0.3, 0.4) is 0 Å². The number of fused-ring (bicyclic) bond motifs is 1. The molecule has 0 unspecified atom stereocenters. The first-order valence-corrected chi connectivity index (χ1v) is 12.7. The first-order chi connectivity index (χ1) is 18.1. The Hall–Kier alpha value is -4.38. The highest BCUT2D eigenvalue weighted by Gasteiger charge is 2.24. The second-order valence-corrected chi connectivity index (χ2v) is 9.27. The summed E-state index contributed by atoms with van der Waals surface area (Å²) >= 11 is 0. The fourth-order valence-corrected chi connectivity index (χ4v) is 4.48. The average Bonchev–Trinajstić information content (AvgIpc) is 3.55. The molecule has 2 aromatic carbocycles. The molecule has 0 atom stereocenters. The minimum absolute atomic E-state index is 0.0488. The van der Waals surface area contributed by atoms with E-state index in [1.54, 1.807) is 18.3 Å². The number of nitrogens with zero attached hydrogens (tertiary/aromatic N) is 5. The summed E-state index contributed by atoms with van der Waals surface area (Å²) in [6.07, 6.45) is 6.77. The van der Waals surface area contributed by atoms with Crippen molar-refractivity contribution in [2.45, 2.75) is 45.7 Å². The van der Waals surface area contributed by atoms with Crippen molar-refractivity contribution in [3.63, 3.8) is 0 Å². The van der Waals surface area contributed by atoms with Crippen LogP contribution in [0.1, 0.15) is 48.2 Å². The van der Waals surface area contributed by atoms with Gasteiger partial charge in [0, 0.05) is 43.2 Å². The number of nitriles is 1. The molecule has 8 nitrogen and oxygen atoms in total. The van der Waals surface area contributed by atoms with Crippen LogP contribution in [0.5, 0.6) is 5.75 Å². The zero-order chi connectivity index (χ0) is 25.6. The van der Waals surface area contributed by atoms with Crippen molar-refractivity contribution < 1.29 is 9.53 Å². The van der Waals surface area contributed by atoms with Crippen LogP contribution in [-0.2, 0) is 30.7 Å². The van der Waals surface area contributed by atoms with Crippen LogP contribution in [0.25, 0.3) is 11.3 Å². The first-order valence-electron chi connectivity index (χ1n) is 12.7. The smallest absolute Gasteiger partial charge is 0.229 e. The Bertz CT molecular complexity index is 1410. The lowest BCUT2D eigenvalue weighted by molar-refractivity contribution is -0.132. The highest BCUT2D eigenvalue weighted by atomic mass is 16.5. The Kier molecular flexibility index (Phi) is 7.31. The molecule has 2 aromatic heterocycles. The molecule has 5 rings (SSSR count). The summed E-state index contributed by atoms with van der Waals surface area (Å²) in [5, 5.41) is 8.95. The SMILES string of the molecule is CCCCOc1ccccc1-c1cn2c(n1)CN(C(=O)Cc1cnc(Cc3ccc(C#N)cc3)[nH]1)CC2. The number of rotatable bonds is 9. The van der Waals surface area contributed by atoms with Crippen molar-refractivity contribution in [2.75, 3.05) is 13.2 Å². The second-order valence-electron chi connectivity index (χ2n) is 9.27. The number of nitrogens with one attached hydrogen (secondary N) is 1. The van der Waals surface area contributed by atoms with E-state index in [-0.39, 0.29) is 12.3 Å². The third-order valence-electron chi connectivity index (χ3n) is 6.55. The van der Waals surface area contributed by atoms with Crippen LogP contribution in [-0.4, -0.2) is 43.5 Å². The van der Waals surface area contributed by atoms with E-state index in [2.05, 4.69) is 33.7 Å². The molecule has 0 spiro atoms. The fraction of sp³-hybridized carbons (Fsp3) is 0.310. The number of carbonyl (C=O) groups excluding carboxylic acids is 1. The number of carbonyl (C=O) groups is 1. The van der Waals surface area contributed by atoms with Crippen LogP contribution < -0.4 is 4.74 Å². The van der Waals surface area contributed by atoms with Crippen molar-refractivity contribution in [3.8, 4) is 23.1 Å². The number of unbranched alkanes of at least 4 members (excludes halogenated alkanes) is 1. The monoisotopic (exact) mass is 494 g/mol. The third kappa shape index (κ3) is 5.72. The second kappa shape index (κ2) is 11.1. The number of benzene rings is 2. The van der Waals surface area contributed by atoms with Gasteiger partial charge in [-0.3, -0.25) is 4.79 Å². The maximum Gasteiger partial charge on any atom is 0.229 e. The standard InChI is InChI=1S/C29H30N6O2/c1-2-3-14-37-26-7-5-4-6-24(26)25-19-34-12-13-35(20-28(34)33-25)29(36)16-23-18-31-27(32-23)15-21-8-10-22(17-30)11-9-21/h4-11,18-19H,2-3,12-16,20H2,1H3,(H,31,32). The predicted octanol–water partition coefficient (Wildman–Crippen LogP) is 4.50. The van der Waals surface area contributed by atoms with Gasteiger partial charge in [0.25, 0.3) is 0 Å². The Balaban J connectivity index is 1.22. The van der Waals surface area contributed by atoms with E-state index in [0.717, 1.165) is 52.8 Å². The number of hydrogen-bond donors (Lipinski definition) is 1. The molecule has 0 saturated heterocycles. The third-order valence-corrected chi connectivity index (χ3v) is 6.55. The number of hydrogen-bond acceptors (Lipinski definition) is 5. The highest BCUT2D eigenvalue weighted by Crippen LogP contribution is 2.30. The van der Waals surface area contributed by atoms with Crippen molar-refractivity contribution in [3.05, 3.63) is 89.4 Å². The number of para-hydroxylation sites is 1. The van der Waals surface area contributed by atoms with Gasteiger partial charge in [-0.25, -0.2) is 9.97 Å². The van der Waals surface area contributed by atoms with Crippen LogP contribution >= 0.6 is 0 Å². The van der Waals surface area contributed by atoms with Crippen LogP contribution in [0.15, 0.2) is 60.9 Å². The minimum Gasteiger partial charge on any atom is -0.493 e. The molecule has 1 aliphatic rings. The topological polar surface area (TPSA) is 99.8 Å². The van der Waals surface area contributed by atoms with Gasteiger partial charge in [-0.2, -0.15) is 5.26 Å². The molecule has 3 heterocycles. The molecule has 0 bridgehead atoms. The highest BCUT2D eigenvalue weighted by molar-refractivity contribution is 5.78. The summed E-state index contributed by atoms with van der Waals surface area (Å²) in [4.78, 5) is 27.5. The van der Waals surface area contributed by atoms with Gasteiger partial charge >= 0.3 is 0 Å². The Morgan fingerprint density at radius 1 is 1.16 bits per heavy atom. The quantitative estimate of drug-likeness (QED) is 0.345. The molecular formula is C29H30N6O2. The van der Waals surface area contributed by atoms with Crippen molar-refractivity contribution in [1.29, 1.82) is 5.26 Å². The van der Waals surface area contributed by atoms with Gasteiger partial charge in [-0.05, 0) is 36.2 Å². The molecule has 0 saturated carbocycles. The molecule has 1 aliphatic heterocycles. The summed E-state index contributed by atoms with van der Waals surface area (Å²) in [6.45, 7) is 4.66. The molecule has 0 fully saturated rings. The van der Waals surface area contributed by atoms with Crippen molar-refractivity contribution in [2.24, 2.45) is 0 Å². The van der Waals surface area contributed by atoms with E-state index < -0.39 is 0 Å². The number of aromatic amines is 1. The number of H-pyrrole nitrogens is 1. The summed E-state index contributed by atoms with van der Waals surface area (Å²) in [7, 11) is 0. The van der Waals surface area contributed by atoms with Crippen LogP contribution in [0.4, 0.5) is 0 Å². The molecule has 4 aromatic rings. The van der Waals surface area contributed by atoms with Gasteiger partial charge in [-0.1, -0.05) is 37.6 Å². The Morgan fingerprint density at radius 2 is 2.00 bits per heavy atom. The molecule has 8 heteroatoms. The van der Waals surface area contributed by atoms with Crippen LogP contribution in [0, 0.1) is 11.3 Å². The molecule has 0 aliphatic carbocycles. The van der Waals surface area contributed by atoms with Crippen molar-refractivity contribution in [1.82, 2.24) is 24.4 Å². The van der Waals surface area contributed by atoms with Crippen LogP contribution in [0.2, 0.25) is 0 Å². The minimum atomic E-state index is 0.0488. The first kappa shape index (κ1) is 24.3. The number of aromatic nitrogens is 4. The summed E-state index contributed by atoms with van der Waals surface area (Å²) < 4.78 is 8.14. The van der Waals surface area contributed by atoms with Gasteiger partial charge in [0.15, 0.2) is 0 Å². The summed E-state index contributed by atoms with van der Waals surface area (Å²) in [5.41, 5.74) is 4.33. The molecule has 1 N–H and O–H groups in total. The molecular weight excluding hydrogens is 464 g/mol. The summed E-state index contributed by atoms with van der Waals surface area (Å²) in [6, 6.07) is 17.6. The Morgan fingerprint density at radius 3 is 2.81 bits per heavy atom. The van der Waals surface area contributed by atoms with E-state index in [1.165, 1.54) is 0 Å². The summed E-state index contributed by atoms with van der Waals surface area (Å²) in [5.74, 6) is 2.57. The normalized spacial score (nSPS) is 12.7. The van der Waals surface area contributed by atoms with Gasteiger partial charge in [-0.15, -0.1) is 0 Å². The molecule has 0 radical (unpaired) electrons. The van der Waals surface area contributed by atoms with Gasteiger partial charge < -0.3 is 19.2 Å². The fourth-order valence-electron chi connectivity index (χ4n) is 4.48. The number of amides is 1. The van der Waals surface area contributed by atoms with E-state index in [4.69, 9.17) is 15.0 Å². The predicted molar refractivity (Wildman–Crippen MR) is 140 cm³/mol. The molecule has 37 heavy (non-hydrogen) atoms. The van der Waals surface area contributed by atoms with E-state index in [1.807, 2.05) is 41.3 Å². The largest absolute Gasteiger partial charge is 0.493 e. The molecule has 188 valence electrons. The lowest BCUT2D eigenvalue weighted by Crippen LogP contribution is -2.39. The zero-order valence-electron chi connectivity index (χ0n) is 21.0. The molecule has 1 amide bonds.